The number of hydrogen-bond acceptors (Lipinski definition) is 3. The number of hydrogen-bond donors (Lipinski definition) is 1. The lowest BCUT2D eigenvalue weighted by molar-refractivity contribution is -0.143. The van der Waals surface area contributed by atoms with Crippen molar-refractivity contribution in [2.24, 2.45) is 5.73 Å². The third kappa shape index (κ3) is 5.67. The summed E-state index contributed by atoms with van der Waals surface area (Å²) in [5.74, 6) is -1.02. The summed E-state index contributed by atoms with van der Waals surface area (Å²) in [5.41, 5.74) is 2.69. The van der Waals surface area contributed by atoms with Crippen molar-refractivity contribution >= 4 is 22.7 Å². The van der Waals surface area contributed by atoms with Crippen LogP contribution in [0.3, 0.4) is 0 Å². The molecule has 0 saturated carbocycles. The lowest BCUT2D eigenvalue weighted by Gasteiger charge is -2.24. The molecule has 214 valence electrons. The molecule has 0 unspecified atom stereocenters. The van der Waals surface area contributed by atoms with Crippen molar-refractivity contribution in [1.82, 2.24) is 9.47 Å². The number of aryl methyl sites for hydroxylation is 2. The molecule has 0 saturated heterocycles. The van der Waals surface area contributed by atoms with E-state index in [0.29, 0.717) is 27.6 Å². The molecule has 1 aromatic heterocycles. The Morgan fingerprint density at radius 1 is 0.829 bits per heavy atom. The molecule has 0 aliphatic rings. The average Bonchev–Trinajstić information content (AvgIpc) is 2.88. The molecule has 0 fully saturated rings. The number of fused-ring (bicyclic) bond motifs is 1. The molecular weight excluding hydrogens is 552 g/mol. The molecule has 0 spiro atoms. The Bertz CT molecular complexity index is 1710. The van der Waals surface area contributed by atoms with Crippen molar-refractivity contribution in [2.75, 3.05) is 7.05 Å². The van der Waals surface area contributed by atoms with Crippen LogP contribution in [-0.2, 0) is 18.9 Å². The summed E-state index contributed by atoms with van der Waals surface area (Å²) in [5, 5.41) is 0.412. The largest absolute Gasteiger partial charge is 0.416 e. The molecule has 0 aliphatic heterocycles. The van der Waals surface area contributed by atoms with E-state index in [1.807, 2.05) is 0 Å². The van der Waals surface area contributed by atoms with Gasteiger partial charge in [0.15, 0.2) is 0 Å². The Kier molecular flexibility index (Phi) is 7.46. The van der Waals surface area contributed by atoms with Crippen LogP contribution >= 0.6 is 0 Å². The first kappa shape index (κ1) is 29.4. The van der Waals surface area contributed by atoms with Gasteiger partial charge < -0.3 is 10.6 Å². The van der Waals surface area contributed by atoms with Crippen molar-refractivity contribution in [3.05, 3.63) is 105 Å². The number of pyridine rings is 1. The fraction of sp³-hybridized carbons (Fsp3) is 0.207. The van der Waals surface area contributed by atoms with Crippen molar-refractivity contribution < 1.29 is 35.9 Å². The molecule has 4 rings (SSSR count). The van der Waals surface area contributed by atoms with Gasteiger partial charge in [-0.15, -0.1) is 0 Å². The molecular formula is C29H23F6N3O3. The molecule has 0 bridgehead atoms. The number of nitrogens with zero attached hydrogens (tertiary/aromatic N) is 2. The average molecular weight is 576 g/mol. The first-order valence-electron chi connectivity index (χ1n) is 12.1. The van der Waals surface area contributed by atoms with Crippen molar-refractivity contribution in [3.8, 4) is 11.1 Å². The maximum atomic E-state index is 13.9. The highest BCUT2D eigenvalue weighted by molar-refractivity contribution is 6.10. The summed E-state index contributed by atoms with van der Waals surface area (Å²) < 4.78 is 80.9. The van der Waals surface area contributed by atoms with Gasteiger partial charge in [-0.1, -0.05) is 36.4 Å². The lowest BCUT2D eigenvalue weighted by Crippen LogP contribution is -2.40. The fourth-order valence-corrected chi connectivity index (χ4v) is 4.61. The highest BCUT2D eigenvalue weighted by atomic mass is 19.4. The lowest BCUT2D eigenvalue weighted by atomic mass is 9.93. The second kappa shape index (κ2) is 10.4. The normalized spacial score (nSPS) is 12.0. The van der Waals surface area contributed by atoms with Crippen molar-refractivity contribution in [2.45, 2.75) is 32.7 Å². The zero-order valence-corrected chi connectivity index (χ0v) is 21.9. The Hall–Kier alpha value is -4.61. The van der Waals surface area contributed by atoms with Gasteiger partial charge in [-0.3, -0.25) is 9.59 Å². The van der Waals surface area contributed by atoms with E-state index >= 15 is 0 Å². The van der Waals surface area contributed by atoms with E-state index in [4.69, 9.17) is 5.73 Å². The summed E-state index contributed by atoms with van der Waals surface area (Å²) in [7, 11) is 1.13. The monoisotopic (exact) mass is 575 g/mol. The zero-order valence-electron chi connectivity index (χ0n) is 21.9. The number of alkyl halides is 6. The number of carbonyl (C=O) groups is 2. The van der Waals surface area contributed by atoms with Crippen LogP contribution in [0.5, 0.6) is 0 Å². The predicted molar refractivity (Wildman–Crippen MR) is 140 cm³/mol. The second-order valence-electron chi connectivity index (χ2n) is 9.63. The molecule has 3 aromatic carbocycles. The molecule has 4 aromatic rings. The molecule has 12 heteroatoms. The van der Waals surface area contributed by atoms with E-state index in [1.54, 1.807) is 56.3 Å². The van der Waals surface area contributed by atoms with Crippen molar-refractivity contribution in [1.29, 1.82) is 0 Å². The highest BCUT2D eigenvalue weighted by Gasteiger charge is 2.37. The minimum atomic E-state index is -5.08. The van der Waals surface area contributed by atoms with Crippen LogP contribution in [0.25, 0.3) is 21.9 Å². The molecule has 41 heavy (non-hydrogen) atoms. The fourth-order valence-electron chi connectivity index (χ4n) is 4.61. The SMILES string of the molecule is Cc1cc2c(-c3ccccc3)c(C(=O)N(C)Cc3cc(C(F)(F)F)cc(C(F)(F)F)c3)n(C(N)=O)c(=O)c2cc1C. The summed E-state index contributed by atoms with van der Waals surface area (Å²) in [6, 6.07) is 11.2. The number of benzene rings is 3. The van der Waals surface area contributed by atoms with E-state index in [9.17, 15) is 40.7 Å². The van der Waals surface area contributed by atoms with Crippen LogP contribution in [0.2, 0.25) is 0 Å². The number of halogens is 6. The van der Waals surface area contributed by atoms with Crippen molar-refractivity contribution in [3.63, 3.8) is 0 Å². The number of nitrogens with two attached hydrogens (primary N) is 1. The topological polar surface area (TPSA) is 85.4 Å². The predicted octanol–water partition coefficient (Wildman–Crippen LogP) is 6.52. The van der Waals surface area contributed by atoms with E-state index < -0.39 is 58.8 Å². The molecule has 0 radical (unpaired) electrons. The molecule has 6 nitrogen and oxygen atoms in total. The van der Waals surface area contributed by atoms with Crippen LogP contribution in [0, 0.1) is 13.8 Å². The van der Waals surface area contributed by atoms with Crippen LogP contribution in [0.15, 0.2) is 65.5 Å². The number of rotatable bonds is 4. The van der Waals surface area contributed by atoms with Crippen LogP contribution < -0.4 is 11.3 Å². The van der Waals surface area contributed by atoms with Gasteiger partial charge in [0.25, 0.3) is 11.5 Å². The first-order valence-corrected chi connectivity index (χ1v) is 12.1. The Morgan fingerprint density at radius 2 is 1.34 bits per heavy atom. The summed E-state index contributed by atoms with van der Waals surface area (Å²) in [4.78, 5) is 40.8. The minimum absolute atomic E-state index is 0.0166. The summed E-state index contributed by atoms with van der Waals surface area (Å²) in [6.45, 7) is 2.82. The maximum Gasteiger partial charge on any atom is 0.416 e. The third-order valence-electron chi connectivity index (χ3n) is 6.70. The molecule has 1 heterocycles. The van der Waals surface area contributed by atoms with E-state index in [0.717, 1.165) is 23.1 Å². The number of primary amides is 1. The van der Waals surface area contributed by atoms with Gasteiger partial charge in [0, 0.05) is 24.5 Å². The summed E-state index contributed by atoms with van der Waals surface area (Å²) >= 11 is 0. The first-order chi connectivity index (χ1) is 19.0. The summed E-state index contributed by atoms with van der Waals surface area (Å²) in [6.07, 6.45) is -10.2. The second-order valence-corrected chi connectivity index (χ2v) is 9.63. The van der Waals surface area contributed by atoms with Crippen LogP contribution in [0.4, 0.5) is 31.1 Å². The standard InChI is InChI=1S/C29H23F6N3O3/c1-15-9-21-22(10-16(15)2)25(39)38(27(36)41)24(23(21)18-7-5-4-6-8-18)26(40)37(3)14-17-11-19(28(30,31)32)13-20(12-17)29(33,34)35/h4-13H,14H2,1-3H3,(H2,36,41). The quantitative estimate of drug-likeness (QED) is 0.281. The van der Waals surface area contributed by atoms with Gasteiger partial charge in [0.1, 0.15) is 5.69 Å². The smallest absolute Gasteiger partial charge is 0.351 e. The number of aromatic nitrogens is 1. The Balaban J connectivity index is 1.97. The van der Waals surface area contributed by atoms with E-state index in [1.165, 1.54) is 0 Å². The van der Waals surface area contributed by atoms with Gasteiger partial charge in [-0.2, -0.15) is 26.3 Å². The van der Waals surface area contributed by atoms with E-state index in [2.05, 4.69) is 0 Å². The molecule has 0 aliphatic carbocycles. The molecule has 0 atom stereocenters. The van der Waals surface area contributed by atoms with Gasteiger partial charge in [-0.25, -0.2) is 9.36 Å². The van der Waals surface area contributed by atoms with Gasteiger partial charge in [0.05, 0.1) is 11.1 Å². The third-order valence-corrected chi connectivity index (χ3v) is 6.70. The molecule has 2 N–H and O–H groups in total. The van der Waals surface area contributed by atoms with Gasteiger partial charge in [-0.05, 0) is 65.8 Å². The minimum Gasteiger partial charge on any atom is -0.351 e. The van der Waals surface area contributed by atoms with E-state index in [-0.39, 0.29) is 17.0 Å². The molecule has 2 amide bonds. The number of amides is 2. The number of carbonyl (C=O) groups excluding carboxylic acids is 2. The van der Waals surface area contributed by atoms with Gasteiger partial charge >= 0.3 is 18.4 Å². The Labute approximate surface area is 229 Å². The zero-order chi connectivity index (χ0) is 30.4. The Morgan fingerprint density at radius 3 is 1.83 bits per heavy atom. The van der Waals surface area contributed by atoms with Crippen LogP contribution in [0.1, 0.15) is 38.3 Å². The van der Waals surface area contributed by atoms with Gasteiger partial charge in [0.2, 0.25) is 0 Å². The highest BCUT2D eigenvalue weighted by Crippen LogP contribution is 2.37. The van der Waals surface area contributed by atoms with Crippen LogP contribution in [-0.4, -0.2) is 28.5 Å². The maximum absolute atomic E-state index is 13.9.